The summed E-state index contributed by atoms with van der Waals surface area (Å²) in [6, 6.07) is 14.4. The molecule has 0 radical (unpaired) electrons. The van der Waals surface area contributed by atoms with Crippen molar-refractivity contribution in [3.05, 3.63) is 82.1 Å². The molecule has 4 rings (SSSR count). The van der Waals surface area contributed by atoms with Gasteiger partial charge in [0.25, 0.3) is 5.91 Å². The number of amides is 1. The molecule has 2 aromatic carbocycles. The molecule has 0 saturated carbocycles. The summed E-state index contributed by atoms with van der Waals surface area (Å²) in [6.07, 6.45) is 2.25. The summed E-state index contributed by atoms with van der Waals surface area (Å²) >= 11 is 5.95. The van der Waals surface area contributed by atoms with Gasteiger partial charge in [0.15, 0.2) is 5.82 Å². The fourth-order valence-electron chi connectivity index (χ4n) is 3.52. The van der Waals surface area contributed by atoms with Crippen LogP contribution in [0.4, 0.5) is 0 Å². The minimum Gasteiger partial charge on any atom is -0.465 e. The number of benzene rings is 2. The summed E-state index contributed by atoms with van der Waals surface area (Å²) in [7, 11) is 1.35. The molecule has 1 aliphatic rings. The zero-order chi connectivity index (χ0) is 21.3. The van der Waals surface area contributed by atoms with E-state index in [1.165, 1.54) is 7.11 Å². The zero-order valence-corrected chi connectivity index (χ0v) is 17.4. The molecule has 152 valence electrons. The molecule has 2 heterocycles. The van der Waals surface area contributed by atoms with E-state index in [4.69, 9.17) is 16.3 Å². The molecule has 0 N–H and O–H groups in total. The van der Waals surface area contributed by atoms with Crippen LogP contribution in [0.15, 0.2) is 54.7 Å². The van der Waals surface area contributed by atoms with Gasteiger partial charge in [-0.2, -0.15) is 0 Å². The van der Waals surface area contributed by atoms with E-state index < -0.39 is 0 Å². The minimum absolute atomic E-state index is 0.0155. The van der Waals surface area contributed by atoms with Gasteiger partial charge in [0.05, 0.1) is 23.9 Å². The Morgan fingerprint density at radius 3 is 2.53 bits per heavy atom. The van der Waals surface area contributed by atoms with Crippen LogP contribution in [-0.4, -0.2) is 39.9 Å². The van der Waals surface area contributed by atoms with E-state index >= 15 is 0 Å². The molecule has 3 aromatic rings. The molecule has 0 aliphatic carbocycles. The zero-order valence-electron chi connectivity index (χ0n) is 16.6. The maximum atomic E-state index is 13.1. The highest BCUT2D eigenvalue weighted by molar-refractivity contribution is 6.30. The van der Waals surface area contributed by atoms with Crippen LogP contribution in [0.5, 0.6) is 0 Å². The van der Waals surface area contributed by atoms with Gasteiger partial charge in [-0.05, 0) is 48.9 Å². The van der Waals surface area contributed by atoms with Gasteiger partial charge in [-0.1, -0.05) is 23.7 Å². The first-order valence-electron chi connectivity index (χ1n) is 9.56. The molecule has 1 aromatic heterocycles. The second kappa shape index (κ2) is 8.24. The molecule has 1 aliphatic heterocycles. The number of methoxy groups -OCH3 is 1. The molecular formula is C23H20ClN3O3. The van der Waals surface area contributed by atoms with Crippen LogP contribution in [0.1, 0.15) is 38.9 Å². The molecule has 0 saturated heterocycles. The van der Waals surface area contributed by atoms with Crippen LogP contribution in [0.25, 0.3) is 11.4 Å². The van der Waals surface area contributed by atoms with Crippen LogP contribution in [-0.2, 0) is 17.7 Å². The Balaban J connectivity index is 1.56. The van der Waals surface area contributed by atoms with Crippen LogP contribution in [0.2, 0.25) is 5.02 Å². The Kier molecular flexibility index (Phi) is 5.50. The number of fused-ring (bicyclic) bond motifs is 1. The van der Waals surface area contributed by atoms with E-state index in [1.54, 1.807) is 35.4 Å². The summed E-state index contributed by atoms with van der Waals surface area (Å²) in [6.45, 7) is 2.45. The molecule has 1 amide bonds. The van der Waals surface area contributed by atoms with E-state index in [2.05, 4.69) is 9.97 Å². The molecule has 7 heteroatoms. The summed E-state index contributed by atoms with van der Waals surface area (Å²) in [4.78, 5) is 35.5. The molecule has 0 spiro atoms. The second-order valence-corrected chi connectivity index (χ2v) is 7.67. The summed E-state index contributed by atoms with van der Waals surface area (Å²) in [5.41, 5.74) is 3.55. The van der Waals surface area contributed by atoms with Gasteiger partial charge in [0, 0.05) is 35.8 Å². The number of esters is 1. The summed E-state index contributed by atoms with van der Waals surface area (Å²) in [5.74, 6) is 0.104. The normalized spacial score (nSPS) is 15.6. The van der Waals surface area contributed by atoms with Gasteiger partial charge in [-0.3, -0.25) is 4.79 Å². The number of rotatable bonds is 4. The Labute approximate surface area is 179 Å². The van der Waals surface area contributed by atoms with Gasteiger partial charge in [0.1, 0.15) is 0 Å². The van der Waals surface area contributed by atoms with Crippen molar-refractivity contribution in [3.8, 4) is 11.4 Å². The van der Waals surface area contributed by atoms with Crippen molar-refractivity contribution in [1.82, 2.24) is 14.9 Å². The number of nitrogens with zero attached hydrogens (tertiary/aromatic N) is 3. The lowest BCUT2D eigenvalue weighted by Crippen LogP contribution is -2.44. The Bertz CT molecular complexity index is 1100. The third kappa shape index (κ3) is 3.91. The average Bonchev–Trinajstić information content (AvgIpc) is 2.76. The van der Waals surface area contributed by atoms with E-state index in [9.17, 15) is 9.59 Å². The first kappa shape index (κ1) is 20.0. The van der Waals surface area contributed by atoms with E-state index in [-0.39, 0.29) is 17.9 Å². The molecule has 0 fully saturated rings. The highest BCUT2D eigenvalue weighted by Crippen LogP contribution is 2.26. The molecule has 30 heavy (non-hydrogen) atoms. The van der Waals surface area contributed by atoms with Gasteiger partial charge in [-0.15, -0.1) is 0 Å². The topological polar surface area (TPSA) is 72.4 Å². The lowest BCUT2D eigenvalue weighted by molar-refractivity contribution is 0.0598. The number of aromatic nitrogens is 2. The van der Waals surface area contributed by atoms with Crippen LogP contribution < -0.4 is 0 Å². The minimum atomic E-state index is -0.383. The van der Waals surface area contributed by atoms with E-state index in [1.807, 2.05) is 31.2 Å². The highest BCUT2D eigenvalue weighted by atomic mass is 35.5. The maximum Gasteiger partial charge on any atom is 0.337 e. The van der Waals surface area contributed by atoms with Gasteiger partial charge >= 0.3 is 5.97 Å². The lowest BCUT2D eigenvalue weighted by Gasteiger charge is -2.34. The van der Waals surface area contributed by atoms with Crippen LogP contribution in [0.3, 0.4) is 0 Å². The second-order valence-electron chi connectivity index (χ2n) is 7.24. The van der Waals surface area contributed by atoms with Crippen molar-refractivity contribution >= 4 is 23.5 Å². The van der Waals surface area contributed by atoms with Gasteiger partial charge < -0.3 is 9.64 Å². The predicted octanol–water partition coefficient (Wildman–Crippen LogP) is 4.17. The fourth-order valence-corrected chi connectivity index (χ4v) is 3.65. The molecule has 0 unspecified atom stereocenters. The number of carbonyl (C=O) groups is 2. The molecule has 0 bridgehead atoms. The summed E-state index contributed by atoms with van der Waals surface area (Å²) < 4.78 is 4.72. The number of hydrogen-bond donors (Lipinski definition) is 0. The quantitative estimate of drug-likeness (QED) is 0.591. The standard InChI is InChI=1S/C23H20ClN3O3/c1-14-11-20-19(12-25-21(26-20)16-7-9-18(24)10-8-16)22(28)27(14)13-15-3-5-17(6-4-15)23(29)30-2/h3-10,12,14H,11,13H2,1-2H3/t14-/m1/s1. The third-order valence-corrected chi connectivity index (χ3v) is 5.46. The lowest BCUT2D eigenvalue weighted by atomic mass is 9.98. The van der Waals surface area contributed by atoms with Crippen molar-refractivity contribution in [3.63, 3.8) is 0 Å². The van der Waals surface area contributed by atoms with Gasteiger partial charge in [-0.25, -0.2) is 14.8 Å². The highest BCUT2D eigenvalue weighted by Gasteiger charge is 2.31. The number of ether oxygens (including phenoxy) is 1. The van der Waals surface area contributed by atoms with Crippen molar-refractivity contribution in [2.24, 2.45) is 0 Å². The van der Waals surface area contributed by atoms with E-state index in [0.717, 1.165) is 16.8 Å². The van der Waals surface area contributed by atoms with Crippen molar-refractivity contribution in [2.45, 2.75) is 25.9 Å². The number of carbonyl (C=O) groups excluding carboxylic acids is 2. The Morgan fingerprint density at radius 1 is 1.17 bits per heavy atom. The van der Waals surface area contributed by atoms with E-state index in [0.29, 0.717) is 34.9 Å². The summed E-state index contributed by atoms with van der Waals surface area (Å²) in [5, 5.41) is 0.649. The van der Waals surface area contributed by atoms with Crippen molar-refractivity contribution in [2.75, 3.05) is 7.11 Å². The molecule has 6 nitrogen and oxygen atoms in total. The molecular weight excluding hydrogens is 402 g/mol. The number of halogens is 1. The number of hydrogen-bond acceptors (Lipinski definition) is 5. The van der Waals surface area contributed by atoms with Crippen LogP contribution in [0, 0.1) is 0 Å². The first-order chi connectivity index (χ1) is 14.5. The monoisotopic (exact) mass is 421 g/mol. The third-order valence-electron chi connectivity index (χ3n) is 5.21. The first-order valence-corrected chi connectivity index (χ1v) is 9.94. The Hall–Kier alpha value is -3.25. The van der Waals surface area contributed by atoms with Crippen LogP contribution >= 0.6 is 11.6 Å². The maximum absolute atomic E-state index is 13.1. The SMILES string of the molecule is COC(=O)c1ccc(CN2C(=O)c3cnc(-c4ccc(Cl)cc4)nc3C[C@H]2C)cc1. The molecule has 1 atom stereocenters. The van der Waals surface area contributed by atoms with Gasteiger partial charge in [0.2, 0.25) is 0 Å². The smallest absolute Gasteiger partial charge is 0.337 e. The largest absolute Gasteiger partial charge is 0.465 e. The predicted molar refractivity (Wildman–Crippen MR) is 113 cm³/mol. The van der Waals surface area contributed by atoms with Crippen molar-refractivity contribution in [1.29, 1.82) is 0 Å². The fraction of sp³-hybridized carbons (Fsp3) is 0.217. The van der Waals surface area contributed by atoms with Crippen molar-refractivity contribution < 1.29 is 14.3 Å². The Morgan fingerprint density at radius 2 is 1.87 bits per heavy atom. The average molecular weight is 422 g/mol.